The summed E-state index contributed by atoms with van der Waals surface area (Å²) in [6.07, 6.45) is 2.48. The highest BCUT2D eigenvalue weighted by atomic mass is 32.2. The van der Waals surface area contributed by atoms with Crippen LogP contribution in [-0.4, -0.2) is 25.5 Å². The van der Waals surface area contributed by atoms with Crippen molar-refractivity contribution in [3.63, 3.8) is 0 Å². The molecule has 1 amide bonds. The summed E-state index contributed by atoms with van der Waals surface area (Å²) >= 11 is 0. The lowest BCUT2D eigenvalue weighted by Gasteiger charge is -2.20. The maximum atomic E-state index is 12.3. The second-order valence-electron chi connectivity index (χ2n) is 8.57. The molecule has 0 atom stereocenters. The van der Waals surface area contributed by atoms with Crippen molar-refractivity contribution in [3.8, 4) is 5.75 Å². The Morgan fingerprint density at radius 1 is 1.10 bits per heavy atom. The standard InChI is InChI=1S/C22H28N2O4S/c1-22(2,3)16-7-12-20(25)19(14-16)23-21(26)13-6-15-4-10-18(11-5-15)29(27,28)24-17-8-9-17/h4-5,7,10-12,14,17,24-25H,6,8-9,13H2,1-3H3,(H,23,26). The molecule has 7 heteroatoms. The number of carbonyl (C=O) groups is 1. The Kier molecular flexibility index (Phi) is 6.00. The highest BCUT2D eigenvalue weighted by Crippen LogP contribution is 2.30. The van der Waals surface area contributed by atoms with Gasteiger partial charge in [-0.1, -0.05) is 39.0 Å². The Morgan fingerprint density at radius 3 is 2.34 bits per heavy atom. The maximum absolute atomic E-state index is 12.3. The minimum Gasteiger partial charge on any atom is -0.506 e. The second kappa shape index (κ2) is 8.16. The number of phenolic OH excluding ortho intramolecular Hbond substituents is 1. The van der Waals surface area contributed by atoms with Crippen LogP contribution in [0.5, 0.6) is 5.75 Å². The third-order valence-electron chi connectivity index (χ3n) is 4.91. The van der Waals surface area contributed by atoms with Crippen LogP contribution in [0.25, 0.3) is 0 Å². The average molecular weight is 417 g/mol. The SMILES string of the molecule is CC(C)(C)c1ccc(O)c(NC(=O)CCc2ccc(S(=O)(=O)NC3CC3)cc2)c1. The fourth-order valence-electron chi connectivity index (χ4n) is 2.90. The van der Waals surface area contributed by atoms with Gasteiger partial charge in [0.25, 0.3) is 0 Å². The van der Waals surface area contributed by atoms with Crippen LogP contribution in [0.1, 0.15) is 51.2 Å². The summed E-state index contributed by atoms with van der Waals surface area (Å²) in [6.45, 7) is 6.19. The van der Waals surface area contributed by atoms with E-state index in [2.05, 4.69) is 30.8 Å². The maximum Gasteiger partial charge on any atom is 0.240 e. The highest BCUT2D eigenvalue weighted by molar-refractivity contribution is 7.89. The molecule has 0 unspecified atom stereocenters. The van der Waals surface area contributed by atoms with Gasteiger partial charge in [-0.15, -0.1) is 0 Å². The Balaban J connectivity index is 1.58. The van der Waals surface area contributed by atoms with E-state index in [1.54, 1.807) is 36.4 Å². The molecule has 2 aromatic carbocycles. The van der Waals surface area contributed by atoms with Crippen molar-refractivity contribution in [2.24, 2.45) is 0 Å². The van der Waals surface area contributed by atoms with Gasteiger partial charge < -0.3 is 10.4 Å². The van der Waals surface area contributed by atoms with Gasteiger partial charge in [-0.3, -0.25) is 4.79 Å². The van der Waals surface area contributed by atoms with Crippen molar-refractivity contribution < 1.29 is 18.3 Å². The van der Waals surface area contributed by atoms with Crippen molar-refractivity contribution in [2.45, 2.75) is 62.8 Å². The first-order chi connectivity index (χ1) is 13.5. The largest absolute Gasteiger partial charge is 0.506 e. The van der Waals surface area contributed by atoms with Crippen molar-refractivity contribution in [1.29, 1.82) is 0 Å². The number of anilines is 1. The molecule has 1 fully saturated rings. The van der Waals surface area contributed by atoms with Crippen molar-refractivity contribution in [2.75, 3.05) is 5.32 Å². The predicted molar refractivity (Wildman–Crippen MR) is 114 cm³/mol. The van der Waals surface area contributed by atoms with E-state index in [1.165, 1.54) is 0 Å². The van der Waals surface area contributed by atoms with Crippen LogP contribution >= 0.6 is 0 Å². The zero-order valence-electron chi connectivity index (χ0n) is 17.0. The quantitative estimate of drug-likeness (QED) is 0.600. The number of amides is 1. The van der Waals surface area contributed by atoms with Crippen molar-refractivity contribution in [3.05, 3.63) is 53.6 Å². The molecule has 1 aliphatic rings. The van der Waals surface area contributed by atoms with Crippen LogP contribution in [0, 0.1) is 0 Å². The Morgan fingerprint density at radius 2 is 1.76 bits per heavy atom. The molecule has 3 N–H and O–H groups in total. The van der Waals surface area contributed by atoms with Crippen molar-refractivity contribution >= 4 is 21.6 Å². The number of nitrogens with one attached hydrogen (secondary N) is 2. The fourth-order valence-corrected chi connectivity index (χ4v) is 4.20. The van der Waals surface area contributed by atoms with E-state index in [0.29, 0.717) is 12.1 Å². The van der Waals surface area contributed by atoms with E-state index in [1.807, 2.05) is 6.07 Å². The van der Waals surface area contributed by atoms with Gasteiger partial charge in [0.2, 0.25) is 15.9 Å². The van der Waals surface area contributed by atoms with Gasteiger partial charge in [-0.2, -0.15) is 0 Å². The number of aromatic hydroxyl groups is 1. The zero-order chi connectivity index (χ0) is 21.2. The van der Waals surface area contributed by atoms with E-state index in [4.69, 9.17) is 0 Å². The number of phenols is 1. The van der Waals surface area contributed by atoms with Crippen LogP contribution < -0.4 is 10.0 Å². The summed E-state index contributed by atoms with van der Waals surface area (Å²) in [5.74, 6) is -0.178. The molecular formula is C22H28N2O4S. The van der Waals surface area contributed by atoms with E-state index >= 15 is 0 Å². The number of aryl methyl sites for hydroxylation is 1. The summed E-state index contributed by atoms with van der Waals surface area (Å²) in [5, 5.41) is 12.8. The Bertz CT molecular complexity index is 988. The number of hydrogen-bond acceptors (Lipinski definition) is 4. The van der Waals surface area contributed by atoms with Crippen LogP contribution in [0.15, 0.2) is 47.4 Å². The first-order valence-electron chi connectivity index (χ1n) is 9.79. The monoisotopic (exact) mass is 416 g/mol. The topological polar surface area (TPSA) is 95.5 Å². The van der Waals surface area contributed by atoms with Gasteiger partial charge in [-0.05, 0) is 60.1 Å². The minimum absolute atomic E-state index is 0.0315. The lowest BCUT2D eigenvalue weighted by molar-refractivity contribution is -0.116. The van der Waals surface area contributed by atoms with Crippen LogP contribution in [0.4, 0.5) is 5.69 Å². The molecule has 156 valence electrons. The first-order valence-corrected chi connectivity index (χ1v) is 11.3. The molecule has 0 bridgehead atoms. The summed E-state index contributed by atoms with van der Waals surface area (Å²) in [4.78, 5) is 12.6. The van der Waals surface area contributed by atoms with Crippen LogP contribution in [0.2, 0.25) is 0 Å². The molecule has 0 heterocycles. The first kappa shape index (κ1) is 21.3. The summed E-state index contributed by atoms with van der Waals surface area (Å²) in [7, 11) is -3.46. The second-order valence-corrected chi connectivity index (χ2v) is 10.3. The van der Waals surface area contributed by atoms with E-state index < -0.39 is 10.0 Å². The molecule has 0 aliphatic heterocycles. The van der Waals surface area contributed by atoms with Gasteiger partial charge in [-0.25, -0.2) is 13.1 Å². The normalized spacial score (nSPS) is 14.6. The summed E-state index contributed by atoms with van der Waals surface area (Å²) in [6, 6.07) is 11.9. The Hall–Kier alpha value is -2.38. The number of sulfonamides is 1. The number of benzene rings is 2. The molecule has 0 aromatic heterocycles. The molecular weight excluding hydrogens is 388 g/mol. The molecule has 1 saturated carbocycles. The zero-order valence-corrected chi connectivity index (χ0v) is 17.8. The molecule has 29 heavy (non-hydrogen) atoms. The predicted octanol–water partition coefficient (Wildman–Crippen LogP) is 3.70. The molecule has 6 nitrogen and oxygen atoms in total. The lowest BCUT2D eigenvalue weighted by Crippen LogP contribution is -2.25. The number of hydrogen-bond donors (Lipinski definition) is 3. The minimum atomic E-state index is -3.46. The molecule has 3 rings (SSSR count). The Labute approximate surface area is 172 Å². The smallest absolute Gasteiger partial charge is 0.240 e. The van der Waals surface area contributed by atoms with E-state index in [0.717, 1.165) is 24.0 Å². The van der Waals surface area contributed by atoms with Crippen molar-refractivity contribution in [1.82, 2.24) is 4.72 Å². The summed E-state index contributed by atoms with van der Waals surface area (Å²) < 4.78 is 27.0. The average Bonchev–Trinajstić information content (AvgIpc) is 3.44. The van der Waals surface area contributed by atoms with Gasteiger partial charge in [0.05, 0.1) is 10.6 Å². The highest BCUT2D eigenvalue weighted by Gasteiger charge is 2.27. The molecule has 2 aromatic rings. The number of carbonyl (C=O) groups excluding carboxylic acids is 1. The molecule has 0 spiro atoms. The van der Waals surface area contributed by atoms with Crippen LogP contribution in [0.3, 0.4) is 0 Å². The molecule has 0 radical (unpaired) electrons. The summed E-state index contributed by atoms with van der Waals surface area (Å²) in [5.41, 5.74) is 2.19. The third kappa shape index (κ3) is 5.81. The van der Waals surface area contributed by atoms with Gasteiger partial charge in [0.1, 0.15) is 5.75 Å². The molecule has 1 aliphatic carbocycles. The van der Waals surface area contributed by atoms with Crippen LogP contribution in [-0.2, 0) is 26.7 Å². The number of rotatable bonds is 7. The van der Waals surface area contributed by atoms with E-state index in [-0.39, 0.29) is 34.4 Å². The van der Waals surface area contributed by atoms with Gasteiger partial charge in [0.15, 0.2) is 0 Å². The van der Waals surface area contributed by atoms with Gasteiger partial charge in [0, 0.05) is 12.5 Å². The third-order valence-corrected chi connectivity index (χ3v) is 6.45. The van der Waals surface area contributed by atoms with E-state index in [9.17, 15) is 18.3 Å². The fraction of sp³-hybridized carbons (Fsp3) is 0.409. The lowest BCUT2D eigenvalue weighted by atomic mass is 9.87. The molecule has 0 saturated heterocycles. The van der Waals surface area contributed by atoms with Gasteiger partial charge >= 0.3 is 0 Å².